The first-order chi connectivity index (χ1) is 10.5. The first kappa shape index (κ1) is 20.1. The fraction of sp³-hybridized carbons (Fsp3) is 0.867. The molecule has 7 nitrogen and oxygen atoms in total. The molecule has 2 atom stereocenters. The molecule has 0 saturated carbocycles. The third-order valence-corrected chi connectivity index (χ3v) is 4.01. The van der Waals surface area contributed by atoms with E-state index in [0.717, 1.165) is 0 Å². The van der Waals surface area contributed by atoms with Gasteiger partial charge < -0.3 is 24.3 Å². The summed E-state index contributed by atoms with van der Waals surface area (Å²) < 4.78 is 21.1. The molecule has 0 aliphatic carbocycles. The van der Waals surface area contributed by atoms with E-state index < -0.39 is 29.5 Å². The Balaban J connectivity index is 2.43. The number of alkyl carbamates (subject to hydrolysis) is 1. The summed E-state index contributed by atoms with van der Waals surface area (Å²) in [5.41, 5.74) is -0.626. The minimum Gasteiger partial charge on any atom is -0.467 e. The Morgan fingerprint density at radius 2 is 2.04 bits per heavy atom. The number of esters is 1. The SMILES string of the molecule is COC(=O)[C@@H](CSC[C@H]1COC(C)(C)O1)NC(=O)OC(C)(C)C. The average Bonchev–Trinajstić information content (AvgIpc) is 2.74. The lowest BCUT2D eigenvalue weighted by molar-refractivity contribution is -0.142. The standard InChI is InChI=1S/C15H27NO6S/c1-14(2,3)22-13(18)16-11(12(17)19-6)9-23-8-10-7-20-15(4,5)21-10/h10-11H,7-9H2,1-6H3,(H,16,18)/t10-,11-/m1/s1. The van der Waals surface area contributed by atoms with Gasteiger partial charge in [0.15, 0.2) is 5.79 Å². The van der Waals surface area contributed by atoms with Crippen molar-refractivity contribution >= 4 is 23.8 Å². The van der Waals surface area contributed by atoms with Crippen LogP contribution >= 0.6 is 11.8 Å². The van der Waals surface area contributed by atoms with Crippen LogP contribution in [0.25, 0.3) is 0 Å². The van der Waals surface area contributed by atoms with Crippen LogP contribution in [0, 0.1) is 0 Å². The Morgan fingerprint density at radius 1 is 1.39 bits per heavy atom. The summed E-state index contributed by atoms with van der Waals surface area (Å²) in [5.74, 6) is -0.0480. The summed E-state index contributed by atoms with van der Waals surface area (Å²) in [6.45, 7) is 9.51. The molecule has 1 rings (SSSR count). The smallest absolute Gasteiger partial charge is 0.408 e. The number of ether oxygens (including phenoxy) is 4. The molecule has 0 spiro atoms. The van der Waals surface area contributed by atoms with E-state index in [1.54, 1.807) is 20.8 Å². The maximum Gasteiger partial charge on any atom is 0.408 e. The predicted octanol–water partition coefficient (Wildman–Crippen LogP) is 1.94. The molecular formula is C15H27NO6S. The molecule has 0 aromatic carbocycles. The van der Waals surface area contributed by atoms with E-state index in [0.29, 0.717) is 18.1 Å². The van der Waals surface area contributed by atoms with Gasteiger partial charge in [0, 0.05) is 11.5 Å². The van der Waals surface area contributed by atoms with Gasteiger partial charge in [-0.15, -0.1) is 0 Å². The Hall–Kier alpha value is -0.990. The molecule has 1 fully saturated rings. The summed E-state index contributed by atoms with van der Waals surface area (Å²) in [6, 6.07) is -0.768. The highest BCUT2D eigenvalue weighted by atomic mass is 32.2. The van der Waals surface area contributed by atoms with E-state index >= 15 is 0 Å². The molecule has 23 heavy (non-hydrogen) atoms. The van der Waals surface area contributed by atoms with Crippen LogP contribution in [-0.4, -0.2) is 60.8 Å². The van der Waals surface area contributed by atoms with Gasteiger partial charge in [-0.25, -0.2) is 9.59 Å². The Bertz CT molecular complexity index is 421. The van der Waals surface area contributed by atoms with Crippen molar-refractivity contribution in [3.8, 4) is 0 Å². The van der Waals surface area contributed by atoms with Gasteiger partial charge in [-0.1, -0.05) is 0 Å². The van der Waals surface area contributed by atoms with Crippen molar-refractivity contribution in [2.75, 3.05) is 25.2 Å². The van der Waals surface area contributed by atoms with Crippen molar-refractivity contribution in [2.24, 2.45) is 0 Å². The van der Waals surface area contributed by atoms with E-state index in [4.69, 9.17) is 18.9 Å². The summed E-state index contributed by atoms with van der Waals surface area (Å²) in [7, 11) is 1.28. The quantitative estimate of drug-likeness (QED) is 0.734. The third-order valence-electron chi connectivity index (χ3n) is 2.83. The number of amides is 1. The van der Waals surface area contributed by atoms with Gasteiger partial charge in [0.2, 0.25) is 0 Å². The highest BCUT2D eigenvalue weighted by molar-refractivity contribution is 7.99. The molecule has 1 amide bonds. The lowest BCUT2D eigenvalue weighted by Gasteiger charge is -2.22. The van der Waals surface area contributed by atoms with Crippen LogP contribution in [0.4, 0.5) is 4.79 Å². The number of methoxy groups -OCH3 is 1. The molecule has 134 valence electrons. The second-order valence-corrected chi connectivity index (χ2v) is 7.79. The summed E-state index contributed by atoms with van der Waals surface area (Å²) in [5, 5.41) is 2.54. The van der Waals surface area contributed by atoms with Crippen LogP contribution in [0.15, 0.2) is 0 Å². The van der Waals surface area contributed by atoms with Gasteiger partial charge in [-0.2, -0.15) is 11.8 Å². The monoisotopic (exact) mass is 349 g/mol. The van der Waals surface area contributed by atoms with Crippen molar-refractivity contribution in [2.45, 2.75) is 58.2 Å². The second-order valence-electron chi connectivity index (χ2n) is 6.71. The number of nitrogens with one attached hydrogen (secondary N) is 1. The third kappa shape index (κ3) is 7.90. The van der Waals surface area contributed by atoms with E-state index in [1.807, 2.05) is 13.8 Å². The van der Waals surface area contributed by atoms with Gasteiger partial charge in [0.1, 0.15) is 11.6 Å². The lowest BCUT2D eigenvalue weighted by Crippen LogP contribution is -2.45. The zero-order valence-electron chi connectivity index (χ0n) is 14.6. The average molecular weight is 349 g/mol. The van der Waals surface area contributed by atoms with Gasteiger partial charge >= 0.3 is 12.1 Å². The van der Waals surface area contributed by atoms with Gasteiger partial charge in [-0.3, -0.25) is 0 Å². The maximum atomic E-state index is 11.8. The number of hydrogen-bond acceptors (Lipinski definition) is 7. The van der Waals surface area contributed by atoms with Gasteiger partial charge in [0.25, 0.3) is 0 Å². The minimum atomic E-state index is -0.768. The van der Waals surface area contributed by atoms with Crippen LogP contribution in [0.2, 0.25) is 0 Å². The molecule has 1 aliphatic heterocycles. The largest absolute Gasteiger partial charge is 0.467 e. The van der Waals surface area contributed by atoms with Gasteiger partial charge in [-0.05, 0) is 34.6 Å². The number of carbonyl (C=O) groups excluding carboxylic acids is 2. The molecule has 1 heterocycles. The van der Waals surface area contributed by atoms with Crippen molar-refractivity contribution in [3.63, 3.8) is 0 Å². The Labute approximate surface area is 141 Å². The molecule has 0 bridgehead atoms. The van der Waals surface area contributed by atoms with Crippen molar-refractivity contribution < 1.29 is 28.5 Å². The van der Waals surface area contributed by atoms with E-state index in [9.17, 15) is 9.59 Å². The van der Waals surface area contributed by atoms with Gasteiger partial charge in [0.05, 0.1) is 19.8 Å². The minimum absolute atomic E-state index is 0.0326. The zero-order chi connectivity index (χ0) is 17.7. The second kappa shape index (κ2) is 8.21. The first-order valence-electron chi connectivity index (χ1n) is 7.49. The fourth-order valence-corrected chi connectivity index (χ4v) is 2.94. The molecule has 8 heteroatoms. The lowest BCUT2D eigenvalue weighted by atomic mass is 10.2. The number of carbonyl (C=O) groups is 2. The Morgan fingerprint density at radius 3 is 2.52 bits per heavy atom. The normalized spacial score (nSPS) is 21.6. The molecular weight excluding hydrogens is 322 g/mol. The first-order valence-corrected chi connectivity index (χ1v) is 8.65. The molecule has 1 saturated heterocycles. The van der Waals surface area contributed by atoms with Crippen LogP contribution < -0.4 is 5.32 Å². The number of hydrogen-bond donors (Lipinski definition) is 1. The highest BCUT2D eigenvalue weighted by Crippen LogP contribution is 2.24. The highest BCUT2D eigenvalue weighted by Gasteiger charge is 2.33. The fourth-order valence-electron chi connectivity index (χ4n) is 1.92. The summed E-state index contributed by atoms with van der Waals surface area (Å²) >= 11 is 1.49. The van der Waals surface area contributed by atoms with E-state index in [2.05, 4.69) is 5.32 Å². The molecule has 0 aromatic rings. The molecule has 0 radical (unpaired) electrons. The molecule has 0 unspecified atom stereocenters. The number of thioether (sulfide) groups is 1. The molecule has 1 aliphatic rings. The van der Waals surface area contributed by atoms with Crippen LogP contribution in [-0.2, 0) is 23.7 Å². The predicted molar refractivity (Wildman–Crippen MR) is 87.4 cm³/mol. The van der Waals surface area contributed by atoms with Crippen LogP contribution in [0.5, 0.6) is 0 Å². The Kier molecular flexibility index (Phi) is 7.16. The van der Waals surface area contributed by atoms with Crippen LogP contribution in [0.3, 0.4) is 0 Å². The summed E-state index contributed by atoms with van der Waals surface area (Å²) in [4.78, 5) is 23.6. The topological polar surface area (TPSA) is 83.1 Å². The zero-order valence-corrected chi connectivity index (χ0v) is 15.5. The maximum absolute atomic E-state index is 11.8. The number of rotatable bonds is 6. The van der Waals surface area contributed by atoms with Crippen molar-refractivity contribution in [3.05, 3.63) is 0 Å². The molecule has 0 aromatic heterocycles. The molecule has 1 N–H and O–H groups in total. The summed E-state index contributed by atoms with van der Waals surface area (Å²) in [6.07, 6.45) is -0.676. The van der Waals surface area contributed by atoms with Crippen molar-refractivity contribution in [1.29, 1.82) is 0 Å². The van der Waals surface area contributed by atoms with Crippen molar-refractivity contribution in [1.82, 2.24) is 5.32 Å². The van der Waals surface area contributed by atoms with Crippen LogP contribution in [0.1, 0.15) is 34.6 Å². The van der Waals surface area contributed by atoms with E-state index in [-0.39, 0.29) is 6.10 Å². The van der Waals surface area contributed by atoms with E-state index in [1.165, 1.54) is 18.9 Å².